The topological polar surface area (TPSA) is 78.0 Å². The van der Waals surface area contributed by atoms with E-state index >= 15 is 0 Å². The van der Waals surface area contributed by atoms with E-state index in [0.717, 1.165) is 16.0 Å². The summed E-state index contributed by atoms with van der Waals surface area (Å²) in [6.45, 7) is 5.31. The minimum atomic E-state index is -0.733. The van der Waals surface area contributed by atoms with Gasteiger partial charge in [0.2, 0.25) is 5.91 Å². The second-order valence-electron chi connectivity index (χ2n) is 5.49. The molecule has 0 aliphatic heterocycles. The number of hydrogen-bond acceptors (Lipinski definition) is 4. The molecule has 6 heteroatoms. The molecule has 5 nitrogen and oxygen atoms in total. The van der Waals surface area contributed by atoms with Crippen LogP contribution in [-0.2, 0) is 4.79 Å². The Labute approximate surface area is 137 Å². The second-order valence-corrected chi connectivity index (χ2v) is 6.70. The van der Waals surface area contributed by atoms with Gasteiger partial charge in [-0.15, -0.1) is 11.3 Å². The van der Waals surface area contributed by atoms with E-state index in [1.54, 1.807) is 13.8 Å². The average molecular weight is 327 g/mol. The van der Waals surface area contributed by atoms with E-state index in [1.165, 1.54) is 15.9 Å². The van der Waals surface area contributed by atoms with Gasteiger partial charge in [-0.3, -0.25) is 14.2 Å². The van der Waals surface area contributed by atoms with Crippen molar-refractivity contribution in [2.75, 3.05) is 0 Å². The number of carbonyl (C=O) groups excluding carboxylic acids is 1. The van der Waals surface area contributed by atoms with Crippen molar-refractivity contribution >= 4 is 27.5 Å². The Morgan fingerprint density at radius 3 is 2.52 bits per heavy atom. The molecule has 2 heterocycles. The maximum absolute atomic E-state index is 13.0. The monoisotopic (exact) mass is 327 g/mol. The molecule has 0 spiro atoms. The first-order valence-corrected chi connectivity index (χ1v) is 8.10. The number of rotatable bonds is 3. The molecular formula is C17H17N3O2S. The van der Waals surface area contributed by atoms with Crippen LogP contribution in [0.1, 0.15) is 23.7 Å². The van der Waals surface area contributed by atoms with E-state index in [9.17, 15) is 9.59 Å². The van der Waals surface area contributed by atoms with Crippen molar-refractivity contribution in [3.8, 4) is 11.1 Å². The lowest BCUT2D eigenvalue weighted by Gasteiger charge is -2.14. The molecule has 1 aromatic carbocycles. The van der Waals surface area contributed by atoms with E-state index in [-0.39, 0.29) is 5.56 Å². The van der Waals surface area contributed by atoms with Crippen molar-refractivity contribution in [1.29, 1.82) is 0 Å². The summed E-state index contributed by atoms with van der Waals surface area (Å²) in [5.41, 5.74) is 7.01. The zero-order chi connectivity index (χ0) is 16.7. The molecule has 2 N–H and O–H groups in total. The number of amides is 1. The highest BCUT2D eigenvalue weighted by molar-refractivity contribution is 7.19. The van der Waals surface area contributed by atoms with Crippen LogP contribution in [0, 0.1) is 13.8 Å². The SMILES string of the molecule is Cc1sc2nc(C)n(C(C)C(N)=O)c(=O)c2c1-c1ccccc1. The Kier molecular flexibility index (Phi) is 3.77. The first-order valence-electron chi connectivity index (χ1n) is 7.28. The van der Waals surface area contributed by atoms with Crippen LogP contribution in [0.2, 0.25) is 0 Å². The number of aromatic nitrogens is 2. The van der Waals surface area contributed by atoms with Gasteiger partial charge in [-0.05, 0) is 26.3 Å². The molecule has 3 aromatic rings. The number of nitrogens with two attached hydrogens (primary N) is 1. The smallest absolute Gasteiger partial charge is 0.263 e. The van der Waals surface area contributed by atoms with Crippen molar-refractivity contribution in [3.63, 3.8) is 0 Å². The lowest BCUT2D eigenvalue weighted by atomic mass is 10.0. The molecule has 0 fully saturated rings. The fraction of sp³-hybridized carbons (Fsp3) is 0.235. The van der Waals surface area contributed by atoms with Crippen molar-refractivity contribution in [2.24, 2.45) is 5.73 Å². The van der Waals surface area contributed by atoms with Gasteiger partial charge in [-0.2, -0.15) is 0 Å². The quantitative estimate of drug-likeness (QED) is 0.803. The van der Waals surface area contributed by atoms with E-state index < -0.39 is 11.9 Å². The molecular weight excluding hydrogens is 310 g/mol. The van der Waals surface area contributed by atoms with Gasteiger partial charge in [0, 0.05) is 10.4 Å². The lowest BCUT2D eigenvalue weighted by molar-refractivity contribution is -0.120. The van der Waals surface area contributed by atoms with Crippen molar-refractivity contribution < 1.29 is 4.79 Å². The van der Waals surface area contributed by atoms with Gasteiger partial charge >= 0.3 is 0 Å². The van der Waals surface area contributed by atoms with Gasteiger partial charge in [0.15, 0.2) is 0 Å². The van der Waals surface area contributed by atoms with Gasteiger partial charge in [0.05, 0.1) is 5.39 Å². The Morgan fingerprint density at radius 2 is 1.91 bits per heavy atom. The Morgan fingerprint density at radius 1 is 1.26 bits per heavy atom. The molecule has 3 rings (SSSR count). The van der Waals surface area contributed by atoms with E-state index in [2.05, 4.69) is 4.98 Å². The first-order chi connectivity index (χ1) is 10.9. The molecule has 0 aliphatic carbocycles. The Bertz CT molecular complexity index is 957. The lowest BCUT2D eigenvalue weighted by Crippen LogP contribution is -2.34. The number of benzene rings is 1. The van der Waals surface area contributed by atoms with Crippen LogP contribution in [0.25, 0.3) is 21.3 Å². The highest BCUT2D eigenvalue weighted by Crippen LogP contribution is 2.35. The zero-order valence-corrected chi connectivity index (χ0v) is 14.0. The molecule has 1 unspecified atom stereocenters. The molecule has 0 radical (unpaired) electrons. The third-order valence-corrected chi connectivity index (χ3v) is 4.97. The summed E-state index contributed by atoms with van der Waals surface area (Å²) in [5.74, 6) is -0.0563. The summed E-state index contributed by atoms with van der Waals surface area (Å²) >= 11 is 1.49. The Balaban J connectivity index is 2.40. The normalized spacial score (nSPS) is 12.5. The molecule has 1 amide bonds. The number of primary amides is 1. The van der Waals surface area contributed by atoms with Crippen LogP contribution < -0.4 is 11.3 Å². The van der Waals surface area contributed by atoms with Gasteiger partial charge in [-0.25, -0.2) is 4.98 Å². The number of carbonyl (C=O) groups is 1. The van der Waals surface area contributed by atoms with Crippen LogP contribution in [-0.4, -0.2) is 15.5 Å². The zero-order valence-electron chi connectivity index (χ0n) is 13.2. The third-order valence-electron chi connectivity index (χ3n) is 3.97. The van der Waals surface area contributed by atoms with Gasteiger partial charge in [0.1, 0.15) is 16.7 Å². The maximum atomic E-state index is 13.0. The Hall–Kier alpha value is -2.47. The standard InChI is InChI=1S/C17H17N3O2S/c1-9(15(18)21)20-11(3)19-16-14(17(20)22)13(10(2)23-16)12-7-5-4-6-8-12/h4-9H,1-3H3,(H2,18,21). The van der Waals surface area contributed by atoms with Crippen LogP contribution in [0.3, 0.4) is 0 Å². The molecule has 118 valence electrons. The van der Waals surface area contributed by atoms with Crippen LogP contribution in [0.4, 0.5) is 0 Å². The highest BCUT2D eigenvalue weighted by Gasteiger charge is 2.22. The molecule has 0 saturated heterocycles. The molecule has 2 aromatic heterocycles. The summed E-state index contributed by atoms with van der Waals surface area (Å²) in [6, 6.07) is 9.01. The predicted octanol–water partition coefficient (Wildman–Crippen LogP) is 2.79. The average Bonchev–Trinajstić information content (AvgIpc) is 2.84. The minimum Gasteiger partial charge on any atom is -0.368 e. The third kappa shape index (κ3) is 2.45. The van der Waals surface area contributed by atoms with Gasteiger partial charge in [-0.1, -0.05) is 30.3 Å². The molecule has 0 bridgehead atoms. The van der Waals surface area contributed by atoms with Gasteiger partial charge in [0.25, 0.3) is 5.56 Å². The molecule has 1 atom stereocenters. The number of fused-ring (bicyclic) bond motifs is 1. The van der Waals surface area contributed by atoms with E-state index in [1.807, 2.05) is 37.3 Å². The molecule has 23 heavy (non-hydrogen) atoms. The summed E-state index contributed by atoms with van der Waals surface area (Å²) in [7, 11) is 0. The summed E-state index contributed by atoms with van der Waals surface area (Å²) in [6.07, 6.45) is 0. The molecule has 0 saturated carbocycles. The van der Waals surface area contributed by atoms with Crippen molar-refractivity contribution in [1.82, 2.24) is 9.55 Å². The van der Waals surface area contributed by atoms with E-state index in [0.29, 0.717) is 16.0 Å². The number of aryl methyl sites for hydroxylation is 2. The van der Waals surface area contributed by atoms with E-state index in [4.69, 9.17) is 5.73 Å². The maximum Gasteiger partial charge on any atom is 0.263 e. The highest BCUT2D eigenvalue weighted by atomic mass is 32.1. The fourth-order valence-corrected chi connectivity index (χ4v) is 3.89. The number of hydrogen-bond donors (Lipinski definition) is 1. The van der Waals surface area contributed by atoms with Gasteiger partial charge < -0.3 is 5.73 Å². The van der Waals surface area contributed by atoms with Crippen molar-refractivity contribution in [2.45, 2.75) is 26.8 Å². The fourth-order valence-electron chi connectivity index (χ4n) is 2.81. The number of nitrogens with zero attached hydrogens (tertiary/aromatic N) is 2. The predicted molar refractivity (Wildman–Crippen MR) is 92.7 cm³/mol. The minimum absolute atomic E-state index is 0.220. The second kappa shape index (κ2) is 5.62. The summed E-state index contributed by atoms with van der Waals surface area (Å²) in [5, 5.41) is 0.553. The summed E-state index contributed by atoms with van der Waals surface area (Å²) in [4.78, 5) is 30.8. The first kappa shape index (κ1) is 15.4. The molecule has 0 aliphatic rings. The summed E-state index contributed by atoms with van der Waals surface area (Å²) < 4.78 is 1.38. The van der Waals surface area contributed by atoms with Crippen LogP contribution in [0.15, 0.2) is 35.1 Å². The number of thiophene rings is 1. The van der Waals surface area contributed by atoms with Crippen molar-refractivity contribution in [3.05, 3.63) is 51.4 Å². The largest absolute Gasteiger partial charge is 0.368 e. The van der Waals surface area contributed by atoms with Crippen LogP contribution >= 0.6 is 11.3 Å². The van der Waals surface area contributed by atoms with Crippen LogP contribution in [0.5, 0.6) is 0 Å².